The predicted molar refractivity (Wildman–Crippen MR) is 63.6 cm³/mol. The number of hydrogen-bond donors (Lipinski definition) is 4. The Morgan fingerprint density at radius 3 is 2.61 bits per heavy atom. The Morgan fingerprint density at radius 2 is 2.17 bits per heavy atom. The van der Waals surface area contributed by atoms with Crippen LogP contribution in [0.4, 0.5) is 0 Å². The molecule has 102 valence electrons. The summed E-state index contributed by atoms with van der Waals surface area (Å²) < 4.78 is 0. The van der Waals surface area contributed by atoms with E-state index in [0.29, 0.717) is 6.42 Å². The quantitative estimate of drug-likeness (QED) is 0.477. The first kappa shape index (κ1) is 14.4. The van der Waals surface area contributed by atoms with E-state index in [4.69, 9.17) is 10.8 Å². The Morgan fingerprint density at radius 1 is 1.50 bits per heavy atom. The van der Waals surface area contributed by atoms with Crippen LogP contribution in [0.3, 0.4) is 0 Å². The standard InChI is InChI=1S/C11H19N3O4/c1-6-7(4-5-13-6)10(16)14-8(11(17)18)2-3-9(12)15/h6-8,13H,2-5H2,1H3,(H2,12,15)(H,14,16)(H,17,18). The van der Waals surface area contributed by atoms with Crippen LogP contribution in [0.1, 0.15) is 26.2 Å². The minimum atomic E-state index is -1.15. The molecule has 1 saturated heterocycles. The lowest BCUT2D eigenvalue weighted by molar-refractivity contribution is -0.142. The Kier molecular flexibility index (Phi) is 5.08. The molecule has 1 aliphatic rings. The van der Waals surface area contributed by atoms with Crippen LogP contribution < -0.4 is 16.4 Å². The summed E-state index contributed by atoms with van der Waals surface area (Å²) in [4.78, 5) is 33.5. The van der Waals surface area contributed by atoms with Crippen molar-refractivity contribution in [1.29, 1.82) is 0 Å². The van der Waals surface area contributed by atoms with E-state index in [9.17, 15) is 14.4 Å². The molecule has 1 heterocycles. The molecule has 0 spiro atoms. The number of nitrogens with one attached hydrogen (secondary N) is 2. The van der Waals surface area contributed by atoms with Crippen molar-refractivity contribution in [2.75, 3.05) is 6.54 Å². The zero-order chi connectivity index (χ0) is 13.7. The molecular weight excluding hydrogens is 238 g/mol. The predicted octanol–water partition coefficient (Wildman–Crippen LogP) is -1.18. The summed E-state index contributed by atoms with van der Waals surface area (Å²) in [7, 11) is 0. The second kappa shape index (κ2) is 6.34. The van der Waals surface area contributed by atoms with Gasteiger partial charge in [0.2, 0.25) is 11.8 Å². The van der Waals surface area contributed by atoms with Crippen molar-refractivity contribution in [3.05, 3.63) is 0 Å². The van der Waals surface area contributed by atoms with Crippen LogP contribution in [0.5, 0.6) is 0 Å². The van der Waals surface area contributed by atoms with Crippen LogP contribution in [-0.4, -0.2) is 41.5 Å². The molecule has 3 unspecified atom stereocenters. The highest BCUT2D eigenvalue weighted by atomic mass is 16.4. The third-order valence-corrected chi connectivity index (χ3v) is 3.16. The average Bonchev–Trinajstić information content (AvgIpc) is 2.69. The van der Waals surface area contributed by atoms with Gasteiger partial charge in [-0.3, -0.25) is 9.59 Å². The fourth-order valence-corrected chi connectivity index (χ4v) is 2.04. The lowest BCUT2D eigenvalue weighted by Gasteiger charge is -2.19. The molecule has 7 nitrogen and oxygen atoms in total. The van der Waals surface area contributed by atoms with Crippen LogP contribution in [-0.2, 0) is 14.4 Å². The fraction of sp³-hybridized carbons (Fsp3) is 0.727. The van der Waals surface area contributed by atoms with E-state index in [1.54, 1.807) is 0 Å². The zero-order valence-electron chi connectivity index (χ0n) is 10.3. The van der Waals surface area contributed by atoms with Gasteiger partial charge in [-0.25, -0.2) is 4.79 Å². The van der Waals surface area contributed by atoms with Gasteiger partial charge in [0.1, 0.15) is 6.04 Å². The van der Waals surface area contributed by atoms with E-state index in [0.717, 1.165) is 6.54 Å². The van der Waals surface area contributed by atoms with Gasteiger partial charge < -0.3 is 21.5 Å². The molecule has 1 aliphatic heterocycles. The Labute approximate surface area is 105 Å². The number of rotatable bonds is 6. The minimum absolute atomic E-state index is 0.0188. The maximum Gasteiger partial charge on any atom is 0.326 e. The van der Waals surface area contributed by atoms with Gasteiger partial charge in [-0.15, -0.1) is 0 Å². The lowest BCUT2D eigenvalue weighted by Crippen LogP contribution is -2.46. The van der Waals surface area contributed by atoms with E-state index in [2.05, 4.69) is 10.6 Å². The highest BCUT2D eigenvalue weighted by Gasteiger charge is 2.31. The minimum Gasteiger partial charge on any atom is -0.480 e. The monoisotopic (exact) mass is 257 g/mol. The maximum atomic E-state index is 11.9. The van der Waals surface area contributed by atoms with Crippen LogP contribution in [0, 0.1) is 5.92 Å². The maximum absolute atomic E-state index is 11.9. The third kappa shape index (κ3) is 3.99. The molecule has 1 rings (SSSR count). The van der Waals surface area contributed by atoms with Gasteiger partial charge in [0.05, 0.1) is 5.92 Å². The second-order valence-electron chi connectivity index (χ2n) is 4.54. The molecule has 1 fully saturated rings. The average molecular weight is 257 g/mol. The number of aliphatic carboxylic acids is 1. The van der Waals surface area contributed by atoms with Gasteiger partial charge in [0.15, 0.2) is 0 Å². The summed E-state index contributed by atoms with van der Waals surface area (Å²) in [6, 6.07) is -1.02. The van der Waals surface area contributed by atoms with Crippen molar-refractivity contribution in [2.45, 2.75) is 38.3 Å². The lowest BCUT2D eigenvalue weighted by atomic mass is 10.00. The molecule has 0 aromatic heterocycles. The number of nitrogens with two attached hydrogens (primary N) is 1. The number of carboxylic acid groups (broad SMARTS) is 1. The van der Waals surface area contributed by atoms with E-state index < -0.39 is 17.9 Å². The van der Waals surface area contributed by atoms with Crippen molar-refractivity contribution in [3.8, 4) is 0 Å². The molecule has 0 aliphatic carbocycles. The molecule has 0 radical (unpaired) electrons. The smallest absolute Gasteiger partial charge is 0.326 e. The van der Waals surface area contributed by atoms with Gasteiger partial charge >= 0.3 is 5.97 Å². The van der Waals surface area contributed by atoms with Crippen LogP contribution in [0.25, 0.3) is 0 Å². The van der Waals surface area contributed by atoms with Crippen molar-refractivity contribution in [3.63, 3.8) is 0 Å². The molecule has 0 bridgehead atoms. The summed E-state index contributed by atoms with van der Waals surface area (Å²) in [5.41, 5.74) is 4.96. The number of carbonyl (C=O) groups is 3. The fourth-order valence-electron chi connectivity index (χ4n) is 2.04. The molecular formula is C11H19N3O4. The third-order valence-electron chi connectivity index (χ3n) is 3.16. The summed E-state index contributed by atoms with van der Waals surface area (Å²) >= 11 is 0. The first-order valence-electron chi connectivity index (χ1n) is 5.96. The summed E-state index contributed by atoms with van der Waals surface area (Å²) in [6.45, 7) is 2.63. The molecule has 2 amide bonds. The van der Waals surface area contributed by atoms with Crippen molar-refractivity contribution in [2.24, 2.45) is 11.7 Å². The largest absolute Gasteiger partial charge is 0.480 e. The van der Waals surface area contributed by atoms with E-state index >= 15 is 0 Å². The number of carbonyl (C=O) groups excluding carboxylic acids is 2. The molecule has 3 atom stereocenters. The number of amides is 2. The Bertz CT molecular complexity index is 345. The first-order valence-corrected chi connectivity index (χ1v) is 5.96. The molecule has 5 N–H and O–H groups in total. The number of hydrogen-bond acceptors (Lipinski definition) is 4. The normalized spacial score (nSPS) is 24.5. The van der Waals surface area contributed by atoms with E-state index in [-0.39, 0.29) is 30.7 Å². The van der Waals surface area contributed by atoms with Crippen molar-refractivity contribution in [1.82, 2.24) is 10.6 Å². The molecule has 0 saturated carbocycles. The van der Waals surface area contributed by atoms with Gasteiger partial charge in [0, 0.05) is 12.5 Å². The van der Waals surface area contributed by atoms with Crippen LogP contribution in [0.2, 0.25) is 0 Å². The van der Waals surface area contributed by atoms with Gasteiger partial charge in [-0.2, -0.15) is 0 Å². The zero-order valence-corrected chi connectivity index (χ0v) is 10.3. The van der Waals surface area contributed by atoms with Crippen molar-refractivity contribution >= 4 is 17.8 Å². The molecule has 0 aromatic rings. The van der Waals surface area contributed by atoms with E-state index in [1.165, 1.54) is 0 Å². The van der Waals surface area contributed by atoms with Gasteiger partial charge in [-0.05, 0) is 26.3 Å². The van der Waals surface area contributed by atoms with Crippen molar-refractivity contribution < 1.29 is 19.5 Å². The highest BCUT2D eigenvalue weighted by Crippen LogP contribution is 2.15. The Hall–Kier alpha value is -1.63. The second-order valence-corrected chi connectivity index (χ2v) is 4.54. The first-order chi connectivity index (χ1) is 8.41. The van der Waals surface area contributed by atoms with Gasteiger partial charge in [0.25, 0.3) is 0 Å². The highest BCUT2D eigenvalue weighted by molar-refractivity contribution is 5.86. The van der Waals surface area contributed by atoms with Gasteiger partial charge in [-0.1, -0.05) is 0 Å². The van der Waals surface area contributed by atoms with E-state index in [1.807, 2.05) is 6.92 Å². The van der Waals surface area contributed by atoms with Crippen LogP contribution in [0.15, 0.2) is 0 Å². The Balaban J connectivity index is 2.52. The summed E-state index contributed by atoms with van der Waals surface area (Å²) in [6.07, 6.45) is 0.649. The summed E-state index contributed by atoms with van der Waals surface area (Å²) in [5.74, 6) is -2.24. The molecule has 7 heteroatoms. The number of carboxylic acids is 1. The molecule has 18 heavy (non-hydrogen) atoms. The summed E-state index contributed by atoms with van der Waals surface area (Å²) in [5, 5.41) is 14.5. The molecule has 0 aromatic carbocycles. The topological polar surface area (TPSA) is 122 Å². The SMILES string of the molecule is CC1NCCC1C(=O)NC(CCC(N)=O)C(=O)O. The van der Waals surface area contributed by atoms with Crippen LogP contribution >= 0.6 is 0 Å². The number of primary amides is 1.